The molecule has 0 radical (unpaired) electrons. The fraction of sp³-hybridized carbons (Fsp3) is 0.389. The number of amides is 1. The standard InChI is InChI=1S/C18H22N2O3/c1-20-8-9-23-17(12-20)18(22)19-11-16(21)15-7-6-13-4-2-3-5-14(13)10-15/h2-7,10,16-17,21H,8-9,11-12H2,1H3,(H,19,22). The molecule has 0 bridgehead atoms. The lowest BCUT2D eigenvalue weighted by atomic mass is 10.0. The maximum absolute atomic E-state index is 12.1. The van der Waals surface area contributed by atoms with Gasteiger partial charge in [-0.05, 0) is 29.4 Å². The molecule has 1 aliphatic heterocycles. The van der Waals surface area contributed by atoms with Gasteiger partial charge < -0.3 is 20.1 Å². The first-order valence-electron chi connectivity index (χ1n) is 7.88. The van der Waals surface area contributed by atoms with Gasteiger partial charge in [-0.2, -0.15) is 0 Å². The van der Waals surface area contributed by atoms with Crippen LogP contribution in [-0.4, -0.2) is 55.3 Å². The van der Waals surface area contributed by atoms with Gasteiger partial charge in [0.2, 0.25) is 0 Å². The summed E-state index contributed by atoms with van der Waals surface area (Å²) in [7, 11) is 1.97. The van der Waals surface area contributed by atoms with Crippen molar-refractivity contribution in [3.05, 3.63) is 48.0 Å². The van der Waals surface area contributed by atoms with Gasteiger partial charge >= 0.3 is 0 Å². The highest BCUT2D eigenvalue weighted by Gasteiger charge is 2.25. The number of benzene rings is 2. The SMILES string of the molecule is CN1CCOC(C(=O)NCC(O)c2ccc3ccccc3c2)C1. The molecule has 1 amide bonds. The average Bonchev–Trinajstić information content (AvgIpc) is 2.59. The Labute approximate surface area is 135 Å². The first-order chi connectivity index (χ1) is 11.1. The van der Waals surface area contributed by atoms with Crippen LogP contribution in [0.25, 0.3) is 10.8 Å². The molecule has 2 N–H and O–H groups in total. The number of hydrogen-bond acceptors (Lipinski definition) is 4. The fourth-order valence-electron chi connectivity index (χ4n) is 2.78. The van der Waals surface area contributed by atoms with Crippen molar-refractivity contribution in [1.82, 2.24) is 10.2 Å². The molecular weight excluding hydrogens is 292 g/mol. The monoisotopic (exact) mass is 314 g/mol. The number of hydrogen-bond donors (Lipinski definition) is 2. The molecule has 5 heteroatoms. The van der Waals surface area contributed by atoms with Gasteiger partial charge in [0, 0.05) is 19.6 Å². The summed E-state index contributed by atoms with van der Waals surface area (Å²) in [5.41, 5.74) is 0.797. The Morgan fingerprint density at radius 1 is 1.35 bits per heavy atom. The third kappa shape index (κ3) is 3.88. The summed E-state index contributed by atoms with van der Waals surface area (Å²) in [6, 6.07) is 13.8. The third-order valence-corrected chi connectivity index (χ3v) is 4.19. The molecule has 0 spiro atoms. The zero-order valence-corrected chi connectivity index (χ0v) is 13.2. The largest absolute Gasteiger partial charge is 0.387 e. The maximum atomic E-state index is 12.1. The summed E-state index contributed by atoms with van der Waals surface area (Å²) >= 11 is 0. The second-order valence-corrected chi connectivity index (χ2v) is 5.99. The molecule has 5 nitrogen and oxygen atoms in total. The first-order valence-corrected chi connectivity index (χ1v) is 7.88. The van der Waals surface area contributed by atoms with Crippen molar-refractivity contribution in [2.24, 2.45) is 0 Å². The Hall–Kier alpha value is -1.95. The number of aliphatic hydroxyl groups is 1. The highest BCUT2D eigenvalue weighted by Crippen LogP contribution is 2.20. The van der Waals surface area contributed by atoms with Crippen LogP contribution in [0.15, 0.2) is 42.5 Å². The van der Waals surface area contributed by atoms with Crippen LogP contribution in [0.1, 0.15) is 11.7 Å². The van der Waals surface area contributed by atoms with Gasteiger partial charge in [-0.3, -0.25) is 4.79 Å². The molecule has 2 atom stereocenters. The number of morpholine rings is 1. The molecule has 2 unspecified atom stereocenters. The molecule has 0 aliphatic carbocycles. The van der Waals surface area contributed by atoms with Crippen molar-refractivity contribution in [2.75, 3.05) is 33.3 Å². The van der Waals surface area contributed by atoms with E-state index in [0.717, 1.165) is 22.9 Å². The number of fused-ring (bicyclic) bond motifs is 1. The Kier molecular flexibility index (Phi) is 4.91. The number of ether oxygens (including phenoxy) is 1. The zero-order chi connectivity index (χ0) is 16.2. The van der Waals surface area contributed by atoms with E-state index in [4.69, 9.17) is 4.74 Å². The molecular formula is C18H22N2O3. The van der Waals surface area contributed by atoms with E-state index in [-0.39, 0.29) is 12.5 Å². The van der Waals surface area contributed by atoms with Crippen LogP contribution in [-0.2, 0) is 9.53 Å². The molecule has 3 rings (SSSR count). The Morgan fingerprint density at radius 3 is 2.91 bits per heavy atom. The molecule has 0 aromatic heterocycles. The second kappa shape index (κ2) is 7.08. The van der Waals surface area contributed by atoms with Crippen molar-refractivity contribution in [3.63, 3.8) is 0 Å². The predicted octanol–water partition coefficient (Wildman–Crippen LogP) is 1.32. The van der Waals surface area contributed by atoms with Crippen LogP contribution in [0, 0.1) is 0 Å². The molecule has 1 heterocycles. The number of carbonyl (C=O) groups is 1. The van der Waals surface area contributed by atoms with Crippen LogP contribution in [0.3, 0.4) is 0 Å². The summed E-state index contributed by atoms with van der Waals surface area (Å²) in [4.78, 5) is 14.2. The van der Waals surface area contributed by atoms with Crippen molar-refractivity contribution in [2.45, 2.75) is 12.2 Å². The summed E-state index contributed by atoms with van der Waals surface area (Å²) in [5.74, 6) is -0.170. The Morgan fingerprint density at radius 2 is 2.13 bits per heavy atom. The highest BCUT2D eigenvalue weighted by molar-refractivity contribution is 5.83. The third-order valence-electron chi connectivity index (χ3n) is 4.19. The van der Waals surface area contributed by atoms with Gasteiger partial charge in [-0.1, -0.05) is 36.4 Å². The summed E-state index contributed by atoms with van der Waals surface area (Å²) in [6.07, 6.45) is -1.19. The van der Waals surface area contributed by atoms with Crippen molar-refractivity contribution < 1.29 is 14.6 Å². The van der Waals surface area contributed by atoms with Gasteiger partial charge in [0.25, 0.3) is 5.91 Å². The lowest BCUT2D eigenvalue weighted by Gasteiger charge is -2.29. The molecule has 1 aliphatic rings. The molecule has 2 aromatic carbocycles. The zero-order valence-electron chi connectivity index (χ0n) is 13.2. The van der Waals surface area contributed by atoms with Gasteiger partial charge in [0.1, 0.15) is 6.10 Å². The Bertz CT molecular complexity index is 689. The van der Waals surface area contributed by atoms with Crippen molar-refractivity contribution >= 4 is 16.7 Å². The van der Waals surface area contributed by atoms with Crippen molar-refractivity contribution in [3.8, 4) is 0 Å². The fourth-order valence-corrected chi connectivity index (χ4v) is 2.78. The molecule has 1 fully saturated rings. The van der Waals surface area contributed by atoms with E-state index in [1.807, 2.05) is 49.5 Å². The van der Waals surface area contributed by atoms with Crippen molar-refractivity contribution in [1.29, 1.82) is 0 Å². The summed E-state index contributed by atoms with van der Waals surface area (Å²) in [6.45, 7) is 2.16. The van der Waals surface area contributed by atoms with Crippen LogP contribution in [0.2, 0.25) is 0 Å². The number of rotatable bonds is 4. The maximum Gasteiger partial charge on any atom is 0.250 e. The lowest BCUT2D eigenvalue weighted by molar-refractivity contribution is -0.138. The number of nitrogens with zero attached hydrogens (tertiary/aromatic N) is 1. The van der Waals surface area contributed by atoms with E-state index in [2.05, 4.69) is 10.2 Å². The molecule has 1 saturated heterocycles. The molecule has 122 valence electrons. The molecule has 0 saturated carbocycles. The van der Waals surface area contributed by atoms with Crippen LogP contribution in [0.5, 0.6) is 0 Å². The second-order valence-electron chi connectivity index (χ2n) is 5.99. The predicted molar refractivity (Wildman–Crippen MR) is 89.2 cm³/mol. The van der Waals surface area contributed by atoms with Gasteiger partial charge in [-0.15, -0.1) is 0 Å². The number of carbonyl (C=O) groups excluding carboxylic acids is 1. The Balaban J connectivity index is 1.59. The van der Waals surface area contributed by atoms with E-state index in [1.54, 1.807) is 0 Å². The summed E-state index contributed by atoms with van der Waals surface area (Å²) < 4.78 is 5.47. The van der Waals surface area contributed by atoms with Crippen LogP contribution in [0.4, 0.5) is 0 Å². The topological polar surface area (TPSA) is 61.8 Å². The van der Waals surface area contributed by atoms with Gasteiger partial charge in [-0.25, -0.2) is 0 Å². The van der Waals surface area contributed by atoms with E-state index >= 15 is 0 Å². The number of aliphatic hydroxyl groups excluding tert-OH is 1. The minimum atomic E-state index is -0.732. The normalized spacial score (nSPS) is 20.3. The minimum absolute atomic E-state index is 0.170. The highest BCUT2D eigenvalue weighted by atomic mass is 16.5. The number of likely N-dealkylation sites (N-methyl/N-ethyl adjacent to an activating group) is 1. The quantitative estimate of drug-likeness (QED) is 0.893. The van der Waals surface area contributed by atoms with E-state index in [1.165, 1.54) is 0 Å². The van der Waals surface area contributed by atoms with Gasteiger partial charge in [0.05, 0.1) is 12.7 Å². The lowest BCUT2D eigenvalue weighted by Crippen LogP contribution is -2.49. The van der Waals surface area contributed by atoms with E-state index in [0.29, 0.717) is 13.2 Å². The average molecular weight is 314 g/mol. The smallest absolute Gasteiger partial charge is 0.250 e. The minimum Gasteiger partial charge on any atom is -0.387 e. The van der Waals surface area contributed by atoms with Crippen LogP contribution >= 0.6 is 0 Å². The van der Waals surface area contributed by atoms with Crippen LogP contribution < -0.4 is 5.32 Å². The first kappa shape index (κ1) is 15.9. The number of nitrogens with one attached hydrogen (secondary N) is 1. The molecule has 2 aromatic rings. The van der Waals surface area contributed by atoms with E-state index in [9.17, 15) is 9.90 Å². The summed E-state index contributed by atoms with van der Waals surface area (Å²) in [5, 5.41) is 15.3. The van der Waals surface area contributed by atoms with E-state index < -0.39 is 12.2 Å². The molecule has 23 heavy (non-hydrogen) atoms. The van der Waals surface area contributed by atoms with Gasteiger partial charge in [0.15, 0.2) is 0 Å².